The Morgan fingerprint density at radius 1 is 1.19 bits per heavy atom. The van der Waals surface area contributed by atoms with Gasteiger partial charge in [0.2, 0.25) is 5.91 Å². The molecule has 2 aromatic carbocycles. The van der Waals surface area contributed by atoms with E-state index in [1.807, 2.05) is 32.0 Å². The number of aromatic amines is 1. The van der Waals surface area contributed by atoms with Crippen LogP contribution in [0.25, 0.3) is 10.9 Å². The zero-order valence-corrected chi connectivity index (χ0v) is 15.3. The number of amides is 1. The third-order valence-corrected chi connectivity index (χ3v) is 4.86. The molecule has 1 aliphatic rings. The van der Waals surface area contributed by atoms with E-state index in [0.29, 0.717) is 19.0 Å². The van der Waals surface area contributed by atoms with Gasteiger partial charge in [0.25, 0.3) is 0 Å². The SMILES string of the molecule is Cc1[nH]c2ccc(F)cc2c1CC(=O)NC(C)c1ccc2c(c1)OCCO2. The van der Waals surface area contributed by atoms with Crippen LogP contribution in [0.5, 0.6) is 11.5 Å². The minimum atomic E-state index is -0.312. The first kappa shape index (κ1) is 17.4. The first-order valence-electron chi connectivity index (χ1n) is 8.97. The van der Waals surface area contributed by atoms with E-state index in [0.717, 1.165) is 33.5 Å². The molecule has 0 spiro atoms. The molecule has 1 aliphatic heterocycles. The minimum absolute atomic E-state index is 0.120. The maximum Gasteiger partial charge on any atom is 0.224 e. The van der Waals surface area contributed by atoms with Gasteiger partial charge in [-0.05, 0) is 55.3 Å². The molecule has 0 saturated heterocycles. The van der Waals surface area contributed by atoms with Crippen LogP contribution >= 0.6 is 0 Å². The van der Waals surface area contributed by atoms with Crippen molar-refractivity contribution in [2.45, 2.75) is 26.3 Å². The van der Waals surface area contributed by atoms with Crippen LogP contribution in [-0.4, -0.2) is 24.1 Å². The topological polar surface area (TPSA) is 63.4 Å². The van der Waals surface area contributed by atoms with Gasteiger partial charge in [0, 0.05) is 16.6 Å². The van der Waals surface area contributed by atoms with Gasteiger partial charge in [-0.1, -0.05) is 6.07 Å². The molecule has 0 aliphatic carbocycles. The molecule has 0 bridgehead atoms. The third-order valence-electron chi connectivity index (χ3n) is 4.86. The van der Waals surface area contributed by atoms with Crippen LogP contribution < -0.4 is 14.8 Å². The fourth-order valence-electron chi connectivity index (χ4n) is 3.45. The van der Waals surface area contributed by atoms with Crippen LogP contribution in [-0.2, 0) is 11.2 Å². The minimum Gasteiger partial charge on any atom is -0.486 e. The highest BCUT2D eigenvalue weighted by Gasteiger charge is 2.18. The molecule has 27 heavy (non-hydrogen) atoms. The molecule has 1 unspecified atom stereocenters. The summed E-state index contributed by atoms with van der Waals surface area (Å²) >= 11 is 0. The number of H-pyrrole nitrogens is 1. The number of carbonyl (C=O) groups is 1. The van der Waals surface area contributed by atoms with Gasteiger partial charge in [-0.15, -0.1) is 0 Å². The van der Waals surface area contributed by atoms with E-state index in [1.54, 1.807) is 6.07 Å². The van der Waals surface area contributed by atoms with Gasteiger partial charge in [-0.2, -0.15) is 0 Å². The Kier molecular flexibility index (Phi) is 4.48. The number of ether oxygens (including phenoxy) is 2. The molecule has 5 nitrogen and oxygen atoms in total. The molecule has 1 amide bonds. The largest absolute Gasteiger partial charge is 0.486 e. The predicted octanol–water partition coefficient (Wildman–Crippen LogP) is 3.81. The summed E-state index contributed by atoms with van der Waals surface area (Å²) in [6.07, 6.45) is 0.185. The van der Waals surface area contributed by atoms with Gasteiger partial charge in [0.15, 0.2) is 11.5 Å². The van der Waals surface area contributed by atoms with Gasteiger partial charge >= 0.3 is 0 Å². The first-order valence-corrected chi connectivity index (χ1v) is 8.97. The molecule has 2 heterocycles. The third kappa shape index (κ3) is 3.47. The molecule has 1 atom stereocenters. The van der Waals surface area contributed by atoms with Crippen molar-refractivity contribution in [2.24, 2.45) is 0 Å². The lowest BCUT2D eigenvalue weighted by Gasteiger charge is -2.21. The summed E-state index contributed by atoms with van der Waals surface area (Å²) in [5.74, 6) is 0.987. The summed E-state index contributed by atoms with van der Waals surface area (Å²) in [4.78, 5) is 15.8. The number of hydrogen-bond donors (Lipinski definition) is 2. The normalized spacial score (nSPS) is 14.2. The summed E-state index contributed by atoms with van der Waals surface area (Å²) in [6, 6.07) is 10.1. The van der Waals surface area contributed by atoms with Gasteiger partial charge in [-0.25, -0.2) is 4.39 Å². The van der Waals surface area contributed by atoms with Crippen molar-refractivity contribution in [1.29, 1.82) is 0 Å². The number of halogens is 1. The molecule has 0 radical (unpaired) electrons. The number of aromatic nitrogens is 1. The van der Waals surface area contributed by atoms with Crippen molar-refractivity contribution in [3.63, 3.8) is 0 Å². The number of carbonyl (C=O) groups excluding carboxylic acids is 1. The van der Waals surface area contributed by atoms with E-state index < -0.39 is 0 Å². The Morgan fingerprint density at radius 2 is 1.96 bits per heavy atom. The average Bonchev–Trinajstić information content (AvgIpc) is 2.96. The van der Waals surface area contributed by atoms with Crippen molar-refractivity contribution in [3.8, 4) is 11.5 Å². The summed E-state index contributed by atoms with van der Waals surface area (Å²) < 4.78 is 24.7. The average molecular weight is 368 g/mol. The Hall–Kier alpha value is -3.02. The van der Waals surface area contributed by atoms with Crippen molar-refractivity contribution in [3.05, 3.63) is 59.0 Å². The number of aryl methyl sites for hydroxylation is 1. The quantitative estimate of drug-likeness (QED) is 0.736. The second-order valence-corrected chi connectivity index (χ2v) is 6.79. The van der Waals surface area contributed by atoms with Crippen LogP contribution in [0.1, 0.15) is 29.8 Å². The maximum atomic E-state index is 13.6. The van der Waals surface area contributed by atoms with Gasteiger partial charge in [0.05, 0.1) is 12.5 Å². The molecule has 6 heteroatoms. The Bertz CT molecular complexity index is 1010. The zero-order valence-electron chi connectivity index (χ0n) is 15.3. The van der Waals surface area contributed by atoms with Crippen LogP contribution in [0.15, 0.2) is 36.4 Å². The van der Waals surface area contributed by atoms with Crippen molar-refractivity contribution < 1.29 is 18.7 Å². The molecular formula is C21H21FN2O3. The van der Waals surface area contributed by atoms with Crippen LogP contribution in [0.4, 0.5) is 4.39 Å². The van der Waals surface area contributed by atoms with Crippen LogP contribution in [0.3, 0.4) is 0 Å². The number of hydrogen-bond acceptors (Lipinski definition) is 3. The standard InChI is InChI=1S/C21H21FN2O3/c1-12(14-3-6-19-20(9-14)27-8-7-26-19)24-21(25)11-16-13(2)23-18-5-4-15(22)10-17(16)18/h3-6,9-10,12,23H,7-8,11H2,1-2H3,(H,24,25). The highest BCUT2D eigenvalue weighted by atomic mass is 19.1. The van der Waals surface area contributed by atoms with E-state index >= 15 is 0 Å². The number of fused-ring (bicyclic) bond motifs is 2. The van der Waals surface area contributed by atoms with E-state index in [9.17, 15) is 9.18 Å². The highest BCUT2D eigenvalue weighted by Crippen LogP contribution is 2.32. The predicted molar refractivity (Wildman–Crippen MR) is 101 cm³/mol. The lowest BCUT2D eigenvalue weighted by molar-refractivity contribution is -0.121. The second kappa shape index (κ2) is 6.95. The van der Waals surface area contributed by atoms with Crippen molar-refractivity contribution >= 4 is 16.8 Å². The molecule has 0 fully saturated rings. The van der Waals surface area contributed by atoms with Gasteiger partial charge in [-0.3, -0.25) is 4.79 Å². The van der Waals surface area contributed by atoms with Crippen molar-refractivity contribution in [2.75, 3.05) is 13.2 Å². The Labute approximate surface area is 156 Å². The van der Waals surface area contributed by atoms with Crippen LogP contribution in [0.2, 0.25) is 0 Å². The van der Waals surface area contributed by atoms with Crippen molar-refractivity contribution in [1.82, 2.24) is 10.3 Å². The summed E-state index contributed by atoms with van der Waals surface area (Å²) in [6.45, 7) is 4.88. The molecule has 3 aromatic rings. The zero-order chi connectivity index (χ0) is 19.0. The fourth-order valence-corrected chi connectivity index (χ4v) is 3.45. The lowest BCUT2D eigenvalue weighted by atomic mass is 10.0. The van der Waals surface area contributed by atoms with E-state index in [2.05, 4.69) is 10.3 Å². The van der Waals surface area contributed by atoms with E-state index in [1.165, 1.54) is 12.1 Å². The molecule has 140 valence electrons. The summed E-state index contributed by atoms with van der Waals surface area (Å²) in [5.41, 5.74) is 3.46. The second-order valence-electron chi connectivity index (χ2n) is 6.79. The van der Waals surface area contributed by atoms with Crippen LogP contribution in [0, 0.1) is 12.7 Å². The number of rotatable bonds is 4. The fraction of sp³-hybridized carbons (Fsp3) is 0.286. The number of benzene rings is 2. The maximum absolute atomic E-state index is 13.6. The van der Waals surface area contributed by atoms with E-state index in [4.69, 9.17) is 9.47 Å². The highest BCUT2D eigenvalue weighted by molar-refractivity contribution is 5.90. The summed E-state index contributed by atoms with van der Waals surface area (Å²) in [5, 5.41) is 3.75. The molecular weight excluding hydrogens is 347 g/mol. The van der Waals surface area contributed by atoms with E-state index in [-0.39, 0.29) is 24.2 Å². The lowest BCUT2D eigenvalue weighted by Crippen LogP contribution is -2.28. The molecule has 4 rings (SSSR count). The molecule has 1 aromatic heterocycles. The Balaban J connectivity index is 1.50. The molecule has 0 saturated carbocycles. The van der Waals surface area contributed by atoms with Gasteiger partial charge in [0.1, 0.15) is 19.0 Å². The smallest absolute Gasteiger partial charge is 0.224 e. The molecule has 2 N–H and O–H groups in total. The summed E-state index contributed by atoms with van der Waals surface area (Å²) in [7, 11) is 0. The number of nitrogens with one attached hydrogen (secondary N) is 2. The monoisotopic (exact) mass is 368 g/mol. The first-order chi connectivity index (χ1) is 13.0. The Morgan fingerprint density at radius 3 is 2.78 bits per heavy atom. The van der Waals surface area contributed by atoms with Gasteiger partial charge < -0.3 is 19.8 Å².